The Balaban J connectivity index is -0.000000102. The summed E-state index contributed by atoms with van der Waals surface area (Å²) in [5.41, 5.74) is 2.55. The number of hydrogen-bond acceptors (Lipinski definition) is 0. The molecule has 0 amide bonds. The molecule has 5 rings (SSSR count). The summed E-state index contributed by atoms with van der Waals surface area (Å²) in [7, 11) is 0. The third-order valence-corrected chi connectivity index (χ3v) is 4.21. The fraction of sp³-hybridized carbons (Fsp3) is 0.364. The highest BCUT2D eigenvalue weighted by Crippen LogP contribution is 2.17. The summed E-state index contributed by atoms with van der Waals surface area (Å²) in [6, 6.07) is 49.5. The summed E-state index contributed by atoms with van der Waals surface area (Å²) >= 11 is 0. The molecule has 5 aromatic rings. The fourth-order valence-electron chi connectivity index (χ4n) is 2.78. The molecule has 5 aromatic carbocycles. The minimum Gasteiger partial charge on any atom is -0.0683 e. The molecule has 0 saturated heterocycles. The SMILES string of the molecule is CC.CC.CC.CC.CC.CC.CC.CC.c1ccc(-c2ccccc2)cc1.c1ccc2ccccc2c1.c1ccccc1. The van der Waals surface area contributed by atoms with Gasteiger partial charge in [-0.15, -0.1) is 0 Å². The second kappa shape index (κ2) is 55.3. The van der Waals surface area contributed by atoms with Crippen molar-refractivity contribution in [3.8, 4) is 11.1 Å². The summed E-state index contributed by atoms with van der Waals surface area (Å²) in [5, 5.41) is 2.62. The predicted octanol–water partition coefficient (Wildman–Crippen LogP) is 16.1. The van der Waals surface area contributed by atoms with Crippen LogP contribution < -0.4 is 0 Å². The summed E-state index contributed by atoms with van der Waals surface area (Å²) in [6.45, 7) is 32.0. The van der Waals surface area contributed by atoms with Gasteiger partial charge >= 0.3 is 0 Å². The maximum absolute atomic E-state index is 2.12. The number of benzene rings is 5. The van der Waals surface area contributed by atoms with Crippen LogP contribution in [-0.2, 0) is 0 Å². The van der Waals surface area contributed by atoms with Gasteiger partial charge in [0.1, 0.15) is 0 Å². The average molecular weight is 601 g/mol. The first-order chi connectivity index (χ1) is 21.9. The van der Waals surface area contributed by atoms with Gasteiger partial charge in [-0.05, 0) is 21.9 Å². The van der Waals surface area contributed by atoms with Crippen LogP contribution in [0.3, 0.4) is 0 Å². The third kappa shape index (κ3) is 32.9. The largest absolute Gasteiger partial charge is 0.0683 e. The lowest BCUT2D eigenvalue weighted by molar-refractivity contribution is 1.50. The molecular formula is C44H72. The number of hydrogen-bond donors (Lipinski definition) is 0. The zero-order valence-electron chi connectivity index (χ0n) is 31.9. The highest BCUT2D eigenvalue weighted by molar-refractivity contribution is 5.82. The molecule has 0 atom stereocenters. The van der Waals surface area contributed by atoms with Crippen molar-refractivity contribution in [3.63, 3.8) is 0 Å². The molecule has 0 N–H and O–H groups in total. The van der Waals surface area contributed by atoms with E-state index in [1.807, 2.05) is 159 Å². The molecule has 0 fully saturated rings. The minimum atomic E-state index is 1.28. The molecule has 0 saturated carbocycles. The molecule has 0 aromatic heterocycles. The second-order valence-corrected chi connectivity index (χ2v) is 6.23. The van der Waals surface area contributed by atoms with Crippen LogP contribution in [0, 0.1) is 0 Å². The van der Waals surface area contributed by atoms with Gasteiger partial charge in [-0.1, -0.05) is 256 Å². The highest BCUT2D eigenvalue weighted by atomic mass is 14.0. The van der Waals surface area contributed by atoms with E-state index in [0.29, 0.717) is 0 Å². The number of fused-ring (bicyclic) bond motifs is 1. The molecule has 0 aliphatic carbocycles. The monoisotopic (exact) mass is 601 g/mol. The summed E-state index contributed by atoms with van der Waals surface area (Å²) in [4.78, 5) is 0. The van der Waals surface area contributed by atoms with Crippen molar-refractivity contribution in [2.45, 2.75) is 111 Å². The van der Waals surface area contributed by atoms with Crippen LogP contribution in [0.1, 0.15) is 111 Å². The standard InChI is InChI=1S/C12H10.C10H8.C6H6.8C2H6/c1-3-7-11(8-4-1)12-9-5-2-6-10-12;1-2-6-10-8-4-3-7-9(10)5-1;1-2-4-6-5-3-1;8*1-2/h1-10H;1-8H;1-6H;8*1-2H3. The van der Waals surface area contributed by atoms with Gasteiger partial charge in [-0.2, -0.15) is 0 Å². The van der Waals surface area contributed by atoms with Gasteiger partial charge in [-0.25, -0.2) is 0 Å². The van der Waals surface area contributed by atoms with Crippen molar-refractivity contribution in [1.29, 1.82) is 0 Å². The van der Waals surface area contributed by atoms with Crippen LogP contribution >= 0.6 is 0 Å². The Labute approximate surface area is 277 Å². The Kier molecular flexibility index (Phi) is 66.6. The van der Waals surface area contributed by atoms with E-state index < -0.39 is 0 Å². The molecule has 0 spiro atoms. The summed E-state index contributed by atoms with van der Waals surface area (Å²) in [6.07, 6.45) is 0. The highest BCUT2D eigenvalue weighted by Gasteiger charge is 1.91. The van der Waals surface area contributed by atoms with Crippen LogP contribution in [0.4, 0.5) is 0 Å². The van der Waals surface area contributed by atoms with Crippen molar-refractivity contribution in [2.24, 2.45) is 0 Å². The first-order valence-electron chi connectivity index (χ1n) is 17.5. The van der Waals surface area contributed by atoms with E-state index in [4.69, 9.17) is 0 Å². The first kappa shape index (κ1) is 53.0. The number of rotatable bonds is 1. The molecule has 248 valence electrons. The lowest BCUT2D eigenvalue weighted by Gasteiger charge is -1.98. The van der Waals surface area contributed by atoms with E-state index in [1.54, 1.807) is 0 Å². The summed E-state index contributed by atoms with van der Waals surface area (Å²) < 4.78 is 0. The fourth-order valence-corrected chi connectivity index (χ4v) is 2.78. The topological polar surface area (TPSA) is 0 Å². The second-order valence-electron chi connectivity index (χ2n) is 6.23. The normalized spacial score (nSPS) is 7.09. The molecule has 0 nitrogen and oxygen atoms in total. The van der Waals surface area contributed by atoms with Crippen LogP contribution in [0.15, 0.2) is 146 Å². The molecule has 0 aliphatic rings. The Bertz CT molecular complexity index is 906. The van der Waals surface area contributed by atoms with Crippen molar-refractivity contribution in [3.05, 3.63) is 146 Å². The zero-order chi connectivity index (χ0) is 35.3. The third-order valence-electron chi connectivity index (χ3n) is 4.21. The molecule has 0 bridgehead atoms. The molecule has 0 radical (unpaired) electrons. The van der Waals surface area contributed by atoms with Gasteiger partial charge in [0.2, 0.25) is 0 Å². The molecular weight excluding hydrogens is 528 g/mol. The van der Waals surface area contributed by atoms with Gasteiger partial charge < -0.3 is 0 Å². The van der Waals surface area contributed by atoms with E-state index in [1.165, 1.54) is 21.9 Å². The van der Waals surface area contributed by atoms with Crippen LogP contribution in [-0.4, -0.2) is 0 Å². The maximum atomic E-state index is 2.12. The molecule has 44 heavy (non-hydrogen) atoms. The van der Waals surface area contributed by atoms with E-state index in [9.17, 15) is 0 Å². The average Bonchev–Trinajstić information content (AvgIpc) is 3.20. The van der Waals surface area contributed by atoms with Crippen LogP contribution in [0.2, 0.25) is 0 Å². The van der Waals surface area contributed by atoms with E-state index in [0.717, 1.165) is 0 Å². The molecule has 0 heteroatoms. The van der Waals surface area contributed by atoms with Gasteiger partial charge in [0.05, 0.1) is 0 Å². The molecule has 0 aliphatic heterocycles. The van der Waals surface area contributed by atoms with Gasteiger partial charge in [0.25, 0.3) is 0 Å². The van der Waals surface area contributed by atoms with Gasteiger partial charge in [0.15, 0.2) is 0 Å². The lowest BCUT2D eigenvalue weighted by Crippen LogP contribution is -1.73. The van der Waals surface area contributed by atoms with Crippen molar-refractivity contribution >= 4 is 10.8 Å². The lowest BCUT2D eigenvalue weighted by atomic mass is 10.1. The van der Waals surface area contributed by atoms with Gasteiger partial charge in [0, 0.05) is 0 Å². The summed E-state index contributed by atoms with van der Waals surface area (Å²) in [5.74, 6) is 0. The Hall–Kier alpha value is -3.64. The van der Waals surface area contributed by atoms with Crippen LogP contribution in [0.25, 0.3) is 21.9 Å². The molecule has 0 heterocycles. The zero-order valence-corrected chi connectivity index (χ0v) is 31.9. The Morgan fingerprint density at radius 1 is 0.182 bits per heavy atom. The van der Waals surface area contributed by atoms with Crippen LogP contribution in [0.5, 0.6) is 0 Å². The van der Waals surface area contributed by atoms with E-state index in [-0.39, 0.29) is 0 Å². The quantitative estimate of drug-likeness (QED) is 0.179. The van der Waals surface area contributed by atoms with E-state index >= 15 is 0 Å². The first-order valence-corrected chi connectivity index (χ1v) is 17.5. The van der Waals surface area contributed by atoms with Gasteiger partial charge in [-0.3, -0.25) is 0 Å². The van der Waals surface area contributed by atoms with E-state index in [2.05, 4.69) is 97.1 Å². The van der Waals surface area contributed by atoms with Crippen molar-refractivity contribution in [1.82, 2.24) is 0 Å². The Morgan fingerprint density at radius 2 is 0.318 bits per heavy atom. The maximum Gasteiger partial charge on any atom is -0.0184 e. The Morgan fingerprint density at radius 3 is 0.500 bits per heavy atom. The smallest absolute Gasteiger partial charge is 0.0184 e. The minimum absolute atomic E-state index is 1.28. The molecule has 0 unspecified atom stereocenters. The van der Waals surface area contributed by atoms with Crippen molar-refractivity contribution in [2.75, 3.05) is 0 Å². The van der Waals surface area contributed by atoms with Crippen molar-refractivity contribution < 1.29 is 0 Å². The predicted molar refractivity (Wildman–Crippen MR) is 213 cm³/mol.